The first-order valence-corrected chi connectivity index (χ1v) is 14.7. The zero-order valence-electron chi connectivity index (χ0n) is 23.2. The smallest absolute Gasteiger partial charge is 0.223 e. The van der Waals surface area contributed by atoms with Crippen LogP contribution in [0.1, 0.15) is 71.6 Å². The molecule has 1 aromatic heterocycles. The number of aromatic nitrogens is 1. The topological polar surface area (TPSA) is 82.7 Å². The molecule has 1 N–H and O–H groups in total. The van der Waals surface area contributed by atoms with Crippen molar-refractivity contribution >= 4 is 16.7 Å². The summed E-state index contributed by atoms with van der Waals surface area (Å²) in [6.45, 7) is 5.43. The molecular weight excluding hydrogens is 478 g/mol. The molecule has 3 unspecified atom stereocenters. The Kier molecular flexibility index (Phi) is 6.50. The Morgan fingerprint density at radius 2 is 1.87 bits per heavy atom. The Bertz CT molecular complexity index is 1220. The monoisotopic (exact) mass is 521 g/mol. The number of aliphatic hydroxyl groups is 1. The highest BCUT2D eigenvalue weighted by Crippen LogP contribution is 2.68. The minimum atomic E-state index is -0.666. The van der Waals surface area contributed by atoms with Crippen LogP contribution in [0.4, 0.5) is 0 Å². The minimum Gasteiger partial charge on any atom is -0.618 e. The maximum atomic E-state index is 13.6. The van der Waals surface area contributed by atoms with Gasteiger partial charge in [0.2, 0.25) is 5.52 Å². The van der Waals surface area contributed by atoms with Gasteiger partial charge in [-0.05, 0) is 110 Å². The second-order valence-electron chi connectivity index (χ2n) is 13.5. The number of methoxy groups -OCH3 is 1. The number of rotatable bonds is 6. The van der Waals surface area contributed by atoms with E-state index in [0.717, 1.165) is 48.6 Å². The number of nitrogens with zero attached hydrogens (tertiary/aromatic N) is 1. The fourth-order valence-electron chi connectivity index (χ4n) is 9.77. The number of hydrogen-bond acceptors (Lipinski definition) is 5. The van der Waals surface area contributed by atoms with E-state index in [-0.39, 0.29) is 29.1 Å². The van der Waals surface area contributed by atoms with Gasteiger partial charge >= 0.3 is 0 Å². The number of ether oxygens (including phenoxy) is 2. The van der Waals surface area contributed by atoms with Crippen molar-refractivity contribution in [2.45, 2.75) is 77.2 Å². The van der Waals surface area contributed by atoms with Crippen molar-refractivity contribution in [2.24, 2.45) is 40.4 Å². The van der Waals surface area contributed by atoms with E-state index in [9.17, 15) is 15.1 Å². The summed E-state index contributed by atoms with van der Waals surface area (Å²) in [5, 5.41) is 23.9. The highest BCUT2D eigenvalue weighted by molar-refractivity contribution is 5.84. The molecule has 38 heavy (non-hydrogen) atoms. The van der Waals surface area contributed by atoms with E-state index in [4.69, 9.17) is 9.47 Å². The molecule has 4 aliphatic carbocycles. The third kappa shape index (κ3) is 4.14. The van der Waals surface area contributed by atoms with Gasteiger partial charge in [0.05, 0.1) is 17.6 Å². The molecule has 206 valence electrons. The molecule has 4 saturated carbocycles. The van der Waals surface area contributed by atoms with Gasteiger partial charge in [-0.25, -0.2) is 0 Å². The largest absolute Gasteiger partial charge is 0.618 e. The average Bonchev–Trinajstić information content (AvgIpc) is 3.25. The van der Waals surface area contributed by atoms with Crippen molar-refractivity contribution in [1.29, 1.82) is 0 Å². The first-order valence-electron chi connectivity index (χ1n) is 14.7. The minimum absolute atomic E-state index is 0.0493. The van der Waals surface area contributed by atoms with Gasteiger partial charge in [-0.15, -0.1) is 0 Å². The fourth-order valence-corrected chi connectivity index (χ4v) is 9.77. The zero-order chi connectivity index (χ0) is 26.7. The lowest BCUT2D eigenvalue weighted by Gasteiger charge is -2.62. The van der Waals surface area contributed by atoms with Gasteiger partial charge in [-0.2, -0.15) is 4.73 Å². The van der Waals surface area contributed by atoms with E-state index in [0.29, 0.717) is 41.5 Å². The predicted octanol–water partition coefficient (Wildman–Crippen LogP) is 5.46. The lowest BCUT2D eigenvalue weighted by Crippen LogP contribution is -2.57. The summed E-state index contributed by atoms with van der Waals surface area (Å²) >= 11 is 0. The Balaban J connectivity index is 1.13. The van der Waals surface area contributed by atoms with E-state index in [2.05, 4.69) is 13.8 Å². The number of ketones is 1. The van der Waals surface area contributed by atoms with Gasteiger partial charge in [0.1, 0.15) is 12.4 Å². The predicted molar refractivity (Wildman–Crippen MR) is 145 cm³/mol. The number of pyridine rings is 1. The van der Waals surface area contributed by atoms with E-state index >= 15 is 0 Å². The first kappa shape index (κ1) is 26.1. The summed E-state index contributed by atoms with van der Waals surface area (Å²) in [5.74, 6) is 3.45. The number of Topliss-reactive ketones (excluding diaryl/α,β-unsaturated/α-hetero) is 1. The van der Waals surface area contributed by atoms with Crippen molar-refractivity contribution in [2.75, 3.05) is 20.3 Å². The Morgan fingerprint density at radius 1 is 1.05 bits per heavy atom. The molecule has 8 atom stereocenters. The van der Waals surface area contributed by atoms with Crippen molar-refractivity contribution < 1.29 is 24.1 Å². The van der Waals surface area contributed by atoms with Crippen LogP contribution in [0.5, 0.6) is 5.75 Å². The van der Waals surface area contributed by atoms with Gasteiger partial charge in [0, 0.05) is 25.2 Å². The van der Waals surface area contributed by atoms with Gasteiger partial charge < -0.3 is 19.8 Å². The summed E-state index contributed by atoms with van der Waals surface area (Å²) in [6, 6.07) is 9.00. The molecule has 6 heteroatoms. The van der Waals surface area contributed by atoms with Crippen LogP contribution in [0, 0.1) is 45.6 Å². The molecule has 0 aliphatic heterocycles. The van der Waals surface area contributed by atoms with E-state index in [1.54, 1.807) is 25.3 Å². The molecule has 0 radical (unpaired) electrons. The van der Waals surface area contributed by atoms with Gasteiger partial charge in [-0.3, -0.25) is 4.79 Å². The highest BCUT2D eigenvalue weighted by atomic mass is 16.5. The van der Waals surface area contributed by atoms with Crippen molar-refractivity contribution in [3.05, 3.63) is 41.7 Å². The fraction of sp³-hybridized carbons (Fsp3) is 0.688. The van der Waals surface area contributed by atoms with E-state index in [1.807, 2.05) is 12.1 Å². The lowest BCUT2D eigenvalue weighted by molar-refractivity contribution is -0.577. The lowest BCUT2D eigenvalue weighted by atomic mass is 9.44. The van der Waals surface area contributed by atoms with Gasteiger partial charge in [0.25, 0.3) is 0 Å². The Morgan fingerprint density at radius 3 is 2.68 bits per heavy atom. The van der Waals surface area contributed by atoms with Crippen LogP contribution in [0.2, 0.25) is 0 Å². The molecule has 1 aromatic carbocycles. The molecule has 4 fully saturated rings. The van der Waals surface area contributed by atoms with Crippen molar-refractivity contribution in [3.8, 4) is 5.75 Å². The summed E-state index contributed by atoms with van der Waals surface area (Å²) in [7, 11) is 1.69. The Hall–Kier alpha value is -2.18. The van der Waals surface area contributed by atoms with Crippen LogP contribution < -0.4 is 9.47 Å². The number of carbonyl (C=O) groups is 1. The molecule has 2 aromatic rings. The van der Waals surface area contributed by atoms with Crippen LogP contribution in [0.3, 0.4) is 0 Å². The second-order valence-corrected chi connectivity index (χ2v) is 13.5. The van der Waals surface area contributed by atoms with Crippen LogP contribution in [-0.2, 0) is 9.53 Å². The molecule has 4 aliphatic rings. The van der Waals surface area contributed by atoms with E-state index < -0.39 is 5.60 Å². The SMILES string of the molecule is COC[C@@]1(O)CC[C@@]2(C)C3CC[C@]4(C)C(CC[C@@H]4C(=O)COc4ccc5c(ccc[n+]5[O-])c4)C3CC[C@H]2C1. The number of hydrogen-bond donors (Lipinski definition) is 1. The van der Waals surface area contributed by atoms with Crippen molar-refractivity contribution in [3.63, 3.8) is 0 Å². The summed E-state index contributed by atoms with van der Waals surface area (Å²) < 4.78 is 12.2. The number of carbonyl (C=O) groups excluding carboxylic acids is 1. The van der Waals surface area contributed by atoms with Crippen molar-refractivity contribution in [1.82, 2.24) is 0 Å². The number of fused-ring (bicyclic) bond motifs is 6. The first-order chi connectivity index (χ1) is 18.2. The third-order valence-corrected chi connectivity index (χ3v) is 11.7. The molecule has 0 saturated heterocycles. The van der Waals surface area contributed by atoms with Crippen LogP contribution in [0.25, 0.3) is 10.9 Å². The van der Waals surface area contributed by atoms with Crippen LogP contribution >= 0.6 is 0 Å². The summed E-state index contributed by atoms with van der Waals surface area (Å²) in [4.78, 5) is 13.6. The van der Waals surface area contributed by atoms with Gasteiger partial charge in [0.15, 0.2) is 12.0 Å². The third-order valence-electron chi connectivity index (χ3n) is 11.7. The van der Waals surface area contributed by atoms with Gasteiger partial charge in [-0.1, -0.05) is 13.8 Å². The summed E-state index contributed by atoms with van der Waals surface area (Å²) in [5.41, 5.74) is 0.265. The molecule has 0 amide bonds. The van der Waals surface area contributed by atoms with E-state index in [1.165, 1.54) is 25.5 Å². The standard InChI is InChI=1S/C32H43NO5/c1-30-14-15-32(35,20-37-3)18-22(30)6-8-24-25-9-10-27(31(25,2)13-12-26(24)30)29(34)19-38-23-7-11-28-21(17-23)5-4-16-33(28)36/h4-5,7,11,16-17,22,24-27,35H,6,8-10,12-15,18-20H2,1-3H3/t22-,24?,25?,26?,27+,30+,31+,32+/m0/s1. The van der Waals surface area contributed by atoms with Crippen LogP contribution in [-0.4, -0.2) is 36.8 Å². The normalized spacial score (nSPS) is 40.3. The quantitative estimate of drug-likeness (QED) is 0.403. The zero-order valence-corrected chi connectivity index (χ0v) is 23.2. The molecule has 0 bridgehead atoms. The van der Waals surface area contributed by atoms with Crippen LogP contribution in [0.15, 0.2) is 36.5 Å². The maximum absolute atomic E-state index is 13.6. The average molecular weight is 522 g/mol. The molecule has 1 heterocycles. The Labute approximate surface area is 226 Å². The maximum Gasteiger partial charge on any atom is 0.223 e. The second kappa shape index (κ2) is 9.48. The molecule has 0 spiro atoms. The molecule has 6 rings (SSSR count). The number of benzene rings is 1. The molecular formula is C32H43NO5. The molecule has 6 nitrogen and oxygen atoms in total. The highest BCUT2D eigenvalue weighted by Gasteiger charge is 2.62. The summed E-state index contributed by atoms with van der Waals surface area (Å²) in [6.07, 6.45) is 11.1.